The van der Waals surface area contributed by atoms with Gasteiger partial charge in [-0.1, -0.05) is 0 Å². The molecule has 5 nitrogen and oxygen atoms in total. The third kappa shape index (κ3) is 6.22. The van der Waals surface area contributed by atoms with Crippen LogP contribution < -0.4 is 10.6 Å². The van der Waals surface area contributed by atoms with E-state index in [4.69, 9.17) is 0 Å². The average molecular weight is 318 g/mol. The number of piperidine rings is 1. The Balaban J connectivity index is 0.00000220. The zero-order valence-electron chi connectivity index (χ0n) is 12.9. The van der Waals surface area contributed by atoms with Gasteiger partial charge < -0.3 is 15.5 Å². The quantitative estimate of drug-likeness (QED) is 0.693. The maximum atomic E-state index is 12.1. The fraction of sp³-hybridized carbons (Fsp3) is 0.867. The van der Waals surface area contributed by atoms with Crippen molar-refractivity contribution in [1.82, 2.24) is 15.5 Å². The number of carbonyl (C=O) groups excluding carboxylic acids is 2. The summed E-state index contributed by atoms with van der Waals surface area (Å²) >= 11 is 0. The molecule has 0 aromatic rings. The van der Waals surface area contributed by atoms with Gasteiger partial charge in [0.15, 0.2) is 0 Å². The maximum absolute atomic E-state index is 12.1. The molecule has 1 unspecified atom stereocenters. The summed E-state index contributed by atoms with van der Waals surface area (Å²) in [6.45, 7) is 3.11. The molecule has 0 spiro atoms. The van der Waals surface area contributed by atoms with E-state index in [1.54, 1.807) is 0 Å². The first kappa shape index (κ1) is 18.2. The van der Waals surface area contributed by atoms with Gasteiger partial charge in [-0.25, -0.2) is 0 Å². The summed E-state index contributed by atoms with van der Waals surface area (Å²) in [5, 5.41) is 6.09. The van der Waals surface area contributed by atoms with Crippen LogP contribution in [0.25, 0.3) is 0 Å². The summed E-state index contributed by atoms with van der Waals surface area (Å²) in [6.07, 6.45) is 5.81. The number of carbonyl (C=O) groups is 2. The number of hydrogen-bond acceptors (Lipinski definition) is 3. The van der Waals surface area contributed by atoms with Crippen molar-refractivity contribution in [3.8, 4) is 0 Å². The molecule has 0 bridgehead atoms. The number of nitrogens with zero attached hydrogens (tertiary/aromatic N) is 1. The van der Waals surface area contributed by atoms with Gasteiger partial charge in [-0.15, -0.1) is 12.4 Å². The van der Waals surface area contributed by atoms with Gasteiger partial charge in [-0.3, -0.25) is 9.59 Å². The van der Waals surface area contributed by atoms with Crippen molar-refractivity contribution in [2.45, 2.75) is 38.5 Å². The van der Waals surface area contributed by atoms with Gasteiger partial charge in [0.1, 0.15) is 0 Å². The SMILES string of the molecule is CNCCCC(=O)N1CCCC(C(=O)NCC2CC2)C1.Cl. The van der Waals surface area contributed by atoms with Gasteiger partial charge in [0.05, 0.1) is 5.92 Å². The second kappa shape index (κ2) is 9.26. The molecular formula is C15H28ClN3O2. The van der Waals surface area contributed by atoms with Gasteiger partial charge in [-0.2, -0.15) is 0 Å². The van der Waals surface area contributed by atoms with Crippen LogP contribution in [0.4, 0.5) is 0 Å². The van der Waals surface area contributed by atoms with Crippen LogP contribution in [0.2, 0.25) is 0 Å². The second-order valence-electron chi connectivity index (χ2n) is 6.07. The predicted molar refractivity (Wildman–Crippen MR) is 85.4 cm³/mol. The van der Waals surface area contributed by atoms with Crippen LogP contribution in [0, 0.1) is 11.8 Å². The van der Waals surface area contributed by atoms with Crippen molar-refractivity contribution in [3.63, 3.8) is 0 Å². The third-order valence-electron chi connectivity index (χ3n) is 4.22. The van der Waals surface area contributed by atoms with Crippen molar-refractivity contribution < 1.29 is 9.59 Å². The summed E-state index contributed by atoms with van der Waals surface area (Å²) in [5.41, 5.74) is 0. The number of nitrogens with one attached hydrogen (secondary N) is 2. The highest BCUT2D eigenvalue weighted by atomic mass is 35.5. The molecule has 1 atom stereocenters. The van der Waals surface area contributed by atoms with E-state index in [1.807, 2.05) is 11.9 Å². The Morgan fingerprint density at radius 2 is 2.00 bits per heavy atom. The van der Waals surface area contributed by atoms with Gasteiger partial charge in [0, 0.05) is 26.1 Å². The number of amides is 2. The molecule has 0 radical (unpaired) electrons. The van der Waals surface area contributed by atoms with Crippen LogP contribution in [0.1, 0.15) is 38.5 Å². The first-order valence-electron chi connectivity index (χ1n) is 7.90. The normalized spacial score (nSPS) is 21.6. The number of likely N-dealkylation sites (tertiary alicyclic amines) is 1. The Bertz CT molecular complexity index is 348. The Labute approximate surface area is 133 Å². The van der Waals surface area contributed by atoms with Crippen molar-refractivity contribution in [2.24, 2.45) is 11.8 Å². The molecule has 1 aliphatic carbocycles. The molecular weight excluding hydrogens is 290 g/mol. The topological polar surface area (TPSA) is 61.4 Å². The maximum Gasteiger partial charge on any atom is 0.224 e. The fourth-order valence-electron chi connectivity index (χ4n) is 2.70. The van der Waals surface area contributed by atoms with Gasteiger partial charge in [0.2, 0.25) is 11.8 Å². The Hall–Kier alpha value is -0.810. The van der Waals surface area contributed by atoms with Crippen LogP contribution >= 0.6 is 12.4 Å². The number of rotatable bonds is 7. The van der Waals surface area contributed by atoms with Crippen molar-refractivity contribution >= 4 is 24.2 Å². The molecule has 1 aliphatic heterocycles. The molecule has 2 N–H and O–H groups in total. The summed E-state index contributed by atoms with van der Waals surface area (Å²) < 4.78 is 0. The highest BCUT2D eigenvalue weighted by Gasteiger charge is 2.29. The molecule has 2 aliphatic rings. The van der Waals surface area contributed by atoms with Crippen LogP contribution in [0.5, 0.6) is 0 Å². The lowest BCUT2D eigenvalue weighted by Gasteiger charge is -2.32. The van der Waals surface area contributed by atoms with Gasteiger partial charge in [-0.05, 0) is 51.6 Å². The smallest absolute Gasteiger partial charge is 0.224 e. The molecule has 2 amide bonds. The molecule has 122 valence electrons. The van der Waals surface area contributed by atoms with Crippen LogP contribution in [-0.2, 0) is 9.59 Å². The molecule has 2 rings (SSSR count). The van der Waals surface area contributed by atoms with E-state index in [9.17, 15) is 9.59 Å². The lowest BCUT2D eigenvalue weighted by molar-refractivity contribution is -0.135. The molecule has 21 heavy (non-hydrogen) atoms. The minimum Gasteiger partial charge on any atom is -0.356 e. The molecule has 0 aromatic heterocycles. The Kier molecular flexibility index (Phi) is 8.04. The standard InChI is InChI=1S/C15H27N3O2.ClH/c1-16-8-2-5-14(19)18-9-3-4-13(11-18)15(20)17-10-12-6-7-12;/h12-13,16H,2-11H2,1H3,(H,17,20);1H. The molecule has 1 saturated heterocycles. The summed E-state index contributed by atoms with van der Waals surface area (Å²) in [6, 6.07) is 0. The fourth-order valence-corrected chi connectivity index (χ4v) is 2.70. The highest BCUT2D eigenvalue weighted by molar-refractivity contribution is 5.85. The average Bonchev–Trinajstić information content (AvgIpc) is 3.29. The van der Waals surface area contributed by atoms with Gasteiger partial charge in [0.25, 0.3) is 0 Å². The van der Waals surface area contributed by atoms with Gasteiger partial charge >= 0.3 is 0 Å². The first-order valence-corrected chi connectivity index (χ1v) is 7.90. The van der Waals surface area contributed by atoms with E-state index >= 15 is 0 Å². The third-order valence-corrected chi connectivity index (χ3v) is 4.22. The summed E-state index contributed by atoms with van der Waals surface area (Å²) in [4.78, 5) is 26.1. The lowest BCUT2D eigenvalue weighted by Crippen LogP contribution is -2.45. The van der Waals surface area contributed by atoms with Crippen LogP contribution in [-0.4, -0.2) is 49.9 Å². The van der Waals surface area contributed by atoms with E-state index in [-0.39, 0.29) is 30.1 Å². The number of halogens is 1. The molecule has 2 fully saturated rings. The van der Waals surface area contributed by atoms with Crippen molar-refractivity contribution in [2.75, 3.05) is 33.2 Å². The van der Waals surface area contributed by atoms with Crippen molar-refractivity contribution in [1.29, 1.82) is 0 Å². The van der Waals surface area contributed by atoms with Crippen LogP contribution in [0.15, 0.2) is 0 Å². The summed E-state index contributed by atoms with van der Waals surface area (Å²) in [5.74, 6) is 1.04. The van der Waals surface area contributed by atoms with Crippen molar-refractivity contribution in [3.05, 3.63) is 0 Å². The van der Waals surface area contributed by atoms with E-state index in [2.05, 4.69) is 10.6 Å². The van der Waals surface area contributed by atoms with E-state index in [0.717, 1.165) is 38.9 Å². The lowest BCUT2D eigenvalue weighted by atomic mass is 9.96. The predicted octanol–water partition coefficient (Wildman–Crippen LogP) is 1.17. The highest BCUT2D eigenvalue weighted by Crippen LogP contribution is 2.28. The van der Waals surface area contributed by atoms with Crippen LogP contribution in [0.3, 0.4) is 0 Å². The van der Waals surface area contributed by atoms with E-state index < -0.39 is 0 Å². The Morgan fingerprint density at radius 3 is 2.67 bits per heavy atom. The zero-order valence-corrected chi connectivity index (χ0v) is 13.7. The minimum atomic E-state index is -0.00394. The number of hydrogen-bond donors (Lipinski definition) is 2. The first-order chi connectivity index (χ1) is 9.70. The molecule has 1 saturated carbocycles. The molecule has 1 heterocycles. The minimum absolute atomic E-state index is 0. The summed E-state index contributed by atoms with van der Waals surface area (Å²) in [7, 11) is 1.89. The molecule has 0 aromatic carbocycles. The second-order valence-corrected chi connectivity index (χ2v) is 6.07. The Morgan fingerprint density at radius 1 is 1.24 bits per heavy atom. The van der Waals surface area contributed by atoms with E-state index in [1.165, 1.54) is 12.8 Å². The van der Waals surface area contributed by atoms with E-state index in [0.29, 0.717) is 18.9 Å². The monoisotopic (exact) mass is 317 g/mol. The largest absolute Gasteiger partial charge is 0.356 e. The zero-order chi connectivity index (χ0) is 14.4. The molecule has 6 heteroatoms.